The van der Waals surface area contributed by atoms with Gasteiger partial charge in [-0.2, -0.15) is 5.10 Å². The number of fused-ring (bicyclic) bond motifs is 2. The van der Waals surface area contributed by atoms with Gasteiger partial charge in [-0.25, -0.2) is 4.79 Å². The fourth-order valence-electron chi connectivity index (χ4n) is 5.56. The van der Waals surface area contributed by atoms with Gasteiger partial charge < -0.3 is 14.4 Å². The number of rotatable bonds is 4. The molecule has 5 rings (SSSR count). The van der Waals surface area contributed by atoms with Gasteiger partial charge in [-0.15, -0.1) is 0 Å². The van der Waals surface area contributed by atoms with E-state index in [1.54, 1.807) is 45.2 Å². The molecule has 2 aliphatic rings. The summed E-state index contributed by atoms with van der Waals surface area (Å²) in [6, 6.07) is 7.13. The van der Waals surface area contributed by atoms with E-state index in [2.05, 4.69) is 30.9 Å². The molecule has 1 amide bonds. The lowest BCUT2D eigenvalue weighted by Gasteiger charge is -2.43. The van der Waals surface area contributed by atoms with E-state index in [4.69, 9.17) is 9.47 Å². The number of nitrogens with zero attached hydrogens (tertiary/aromatic N) is 4. The molecule has 1 spiro atoms. The van der Waals surface area contributed by atoms with E-state index in [0.717, 1.165) is 35.7 Å². The number of likely N-dealkylation sites (tertiary alicyclic amines) is 1. The van der Waals surface area contributed by atoms with Gasteiger partial charge in [0, 0.05) is 42.9 Å². The maximum atomic E-state index is 13.4. The zero-order valence-electron chi connectivity index (χ0n) is 24.2. The number of carbonyl (C=O) groups is 3. The first-order chi connectivity index (χ1) is 18.7. The SMILES string of the molecule is CC(C)(C)OC(=O)COc1ccc2ncc(C(=O)N3CCC4(CC3)CC(=O)c3nn(C(C)(C)C)cc3C4)cc2c1. The Bertz CT molecular complexity index is 1470. The first kappa shape index (κ1) is 27.8. The Morgan fingerprint density at radius 3 is 2.42 bits per heavy atom. The molecule has 1 aliphatic carbocycles. The number of pyridine rings is 1. The molecule has 0 bridgehead atoms. The van der Waals surface area contributed by atoms with Crippen LogP contribution in [0.15, 0.2) is 36.7 Å². The molecule has 1 aromatic carbocycles. The van der Waals surface area contributed by atoms with E-state index in [1.807, 2.05) is 21.8 Å². The maximum absolute atomic E-state index is 13.4. The Morgan fingerprint density at radius 2 is 1.75 bits per heavy atom. The second-order valence-corrected chi connectivity index (χ2v) is 13.1. The predicted molar refractivity (Wildman–Crippen MR) is 151 cm³/mol. The number of ether oxygens (including phenoxy) is 2. The zero-order chi connectivity index (χ0) is 28.9. The van der Waals surface area contributed by atoms with Crippen molar-refractivity contribution >= 4 is 28.6 Å². The van der Waals surface area contributed by atoms with Crippen molar-refractivity contribution in [1.29, 1.82) is 0 Å². The third-order valence-electron chi connectivity index (χ3n) is 7.63. The third-order valence-corrected chi connectivity index (χ3v) is 7.63. The van der Waals surface area contributed by atoms with E-state index in [-0.39, 0.29) is 29.3 Å². The van der Waals surface area contributed by atoms with Crippen LogP contribution in [-0.4, -0.2) is 62.6 Å². The van der Waals surface area contributed by atoms with Crippen LogP contribution in [-0.2, 0) is 21.5 Å². The standard InChI is InChI=1S/C31H38N4O5/c1-29(2,3)35-18-22-15-31(16-25(36)27(22)33-35)9-11-34(12-10-31)28(38)21-13-20-14-23(7-8-24(20)32-17-21)39-19-26(37)40-30(4,5)6/h7-8,13-14,17-18H,9-12,15-16,19H2,1-6H3. The fraction of sp³-hybridized carbons (Fsp3) is 0.516. The Labute approximate surface area is 234 Å². The largest absolute Gasteiger partial charge is 0.482 e. The van der Waals surface area contributed by atoms with Crippen molar-refractivity contribution in [1.82, 2.24) is 19.7 Å². The summed E-state index contributed by atoms with van der Waals surface area (Å²) in [7, 11) is 0. The number of hydrogen-bond donors (Lipinski definition) is 0. The summed E-state index contributed by atoms with van der Waals surface area (Å²) < 4.78 is 12.8. The van der Waals surface area contributed by atoms with Crippen LogP contribution < -0.4 is 4.74 Å². The van der Waals surface area contributed by atoms with Gasteiger partial charge in [0.25, 0.3) is 5.91 Å². The summed E-state index contributed by atoms with van der Waals surface area (Å²) in [5.41, 5.74) is 1.97. The van der Waals surface area contributed by atoms with Crippen LogP contribution in [0.1, 0.15) is 87.2 Å². The Balaban J connectivity index is 1.24. The summed E-state index contributed by atoms with van der Waals surface area (Å²) in [5.74, 6) is 0.0809. The van der Waals surface area contributed by atoms with Crippen LogP contribution in [0.25, 0.3) is 10.9 Å². The minimum atomic E-state index is -0.581. The topological polar surface area (TPSA) is 104 Å². The highest BCUT2D eigenvalue weighted by Gasteiger charge is 2.43. The normalized spacial score (nSPS) is 17.1. The average Bonchev–Trinajstić information content (AvgIpc) is 3.31. The maximum Gasteiger partial charge on any atom is 0.344 e. The monoisotopic (exact) mass is 546 g/mol. The van der Waals surface area contributed by atoms with Crippen LogP contribution in [0.4, 0.5) is 0 Å². The lowest BCUT2D eigenvalue weighted by molar-refractivity contribution is -0.157. The molecule has 0 unspecified atom stereocenters. The highest BCUT2D eigenvalue weighted by atomic mass is 16.6. The zero-order valence-corrected chi connectivity index (χ0v) is 24.2. The van der Waals surface area contributed by atoms with Crippen molar-refractivity contribution in [2.45, 2.75) is 78.4 Å². The van der Waals surface area contributed by atoms with Crippen molar-refractivity contribution < 1.29 is 23.9 Å². The first-order valence-electron chi connectivity index (χ1n) is 13.9. The van der Waals surface area contributed by atoms with Crippen molar-refractivity contribution in [3.63, 3.8) is 0 Å². The molecule has 0 radical (unpaired) electrons. The highest BCUT2D eigenvalue weighted by molar-refractivity contribution is 5.98. The van der Waals surface area contributed by atoms with E-state index >= 15 is 0 Å². The van der Waals surface area contributed by atoms with Gasteiger partial charge in [-0.05, 0) is 90.5 Å². The van der Waals surface area contributed by atoms with E-state index in [0.29, 0.717) is 36.5 Å². The molecule has 1 fully saturated rings. The molecular weight excluding hydrogens is 508 g/mol. The predicted octanol–water partition coefficient (Wildman–Crippen LogP) is 4.96. The van der Waals surface area contributed by atoms with Gasteiger partial charge in [-0.1, -0.05) is 0 Å². The third kappa shape index (κ3) is 5.88. The Morgan fingerprint density at radius 1 is 1.02 bits per heavy atom. The minimum absolute atomic E-state index is 0.0762. The first-order valence-corrected chi connectivity index (χ1v) is 13.9. The molecule has 212 valence electrons. The number of benzene rings is 1. The van der Waals surface area contributed by atoms with Crippen molar-refractivity contribution in [2.75, 3.05) is 19.7 Å². The summed E-state index contributed by atoms with van der Waals surface area (Å²) in [6.07, 6.45) is 6.47. The molecule has 2 aromatic heterocycles. The number of amides is 1. The molecule has 0 saturated carbocycles. The van der Waals surface area contributed by atoms with E-state index < -0.39 is 11.6 Å². The van der Waals surface area contributed by atoms with Gasteiger partial charge in [-0.3, -0.25) is 19.3 Å². The lowest BCUT2D eigenvalue weighted by atomic mass is 9.67. The average molecular weight is 547 g/mol. The number of carbonyl (C=O) groups excluding carboxylic acids is 3. The number of ketones is 1. The molecule has 9 heteroatoms. The molecule has 1 aliphatic heterocycles. The summed E-state index contributed by atoms with van der Waals surface area (Å²) in [6.45, 7) is 12.6. The van der Waals surface area contributed by atoms with Crippen LogP contribution in [0.5, 0.6) is 5.75 Å². The van der Waals surface area contributed by atoms with Crippen molar-refractivity contribution in [3.05, 3.63) is 53.5 Å². The Hall–Kier alpha value is -3.75. The smallest absolute Gasteiger partial charge is 0.344 e. The fourth-order valence-corrected chi connectivity index (χ4v) is 5.56. The molecule has 0 N–H and O–H groups in total. The lowest BCUT2D eigenvalue weighted by Crippen LogP contribution is -2.46. The second kappa shape index (κ2) is 10.0. The van der Waals surface area contributed by atoms with Gasteiger partial charge >= 0.3 is 5.97 Å². The molecule has 9 nitrogen and oxygen atoms in total. The number of aromatic nitrogens is 3. The summed E-state index contributed by atoms with van der Waals surface area (Å²) in [5, 5.41) is 5.34. The molecule has 40 heavy (non-hydrogen) atoms. The van der Waals surface area contributed by atoms with E-state index in [9.17, 15) is 14.4 Å². The van der Waals surface area contributed by atoms with Crippen molar-refractivity contribution in [3.8, 4) is 5.75 Å². The molecule has 1 saturated heterocycles. The molecule has 0 atom stereocenters. The van der Waals surface area contributed by atoms with Crippen LogP contribution in [0.2, 0.25) is 0 Å². The highest BCUT2D eigenvalue weighted by Crippen LogP contribution is 2.43. The Kier molecular flexibility index (Phi) is 6.96. The van der Waals surface area contributed by atoms with Crippen LogP contribution in [0.3, 0.4) is 0 Å². The summed E-state index contributed by atoms with van der Waals surface area (Å²) >= 11 is 0. The summed E-state index contributed by atoms with van der Waals surface area (Å²) in [4.78, 5) is 44.8. The number of esters is 1. The molecule has 3 aromatic rings. The molecule has 3 heterocycles. The van der Waals surface area contributed by atoms with Crippen molar-refractivity contribution in [2.24, 2.45) is 5.41 Å². The van der Waals surface area contributed by atoms with Gasteiger partial charge in [0.05, 0.1) is 16.6 Å². The van der Waals surface area contributed by atoms with Crippen LogP contribution >= 0.6 is 0 Å². The number of piperidine rings is 1. The second-order valence-electron chi connectivity index (χ2n) is 13.1. The van der Waals surface area contributed by atoms with Gasteiger partial charge in [0.1, 0.15) is 17.0 Å². The quantitative estimate of drug-likeness (QED) is 0.426. The number of hydrogen-bond acceptors (Lipinski definition) is 7. The minimum Gasteiger partial charge on any atom is -0.482 e. The van der Waals surface area contributed by atoms with E-state index in [1.165, 1.54) is 0 Å². The van der Waals surface area contributed by atoms with Gasteiger partial charge in [0.2, 0.25) is 0 Å². The number of Topliss-reactive ketones (excluding diaryl/α,β-unsaturated/α-hetero) is 1. The van der Waals surface area contributed by atoms with Crippen LogP contribution in [0, 0.1) is 5.41 Å². The molecular formula is C31H38N4O5. The van der Waals surface area contributed by atoms with Gasteiger partial charge in [0.15, 0.2) is 12.4 Å².